The van der Waals surface area contributed by atoms with Crippen molar-refractivity contribution in [3.8, 4) is 5.75 Å². The molecule has 3 aromatic rings. The van der Waals surface area contributed by atoms with Crippen LogP contribution in [0.1, 0.15) is 16.1 Å². The predicted molar refractivity (Wildman–Crippen MR) is 104 cm³/mol. The molecule has 0 aliphatic heterocycles. The topological polar surface area (TPSA) is 80.3 Å². The molecule has 2 aromatic carbocycles. The summed E-state index contributed by atoms with van der Waals surface area (Å²) in [6.07, 6.45) is 0.746. The number of rotatable bonds is 7. The minimum absolute atomic E-state index is 0.0873. The van der Waals surface area contributed by atoms with Crippen LogP contribution in [0.3, 0.4) is 0 Å². The minimum atomic E-state index is -0.383. The number of methoxy groups -OCH3 is 1. The van der Waals surface area contributed by atoms with E-state index in [0.717, 1.165) is 23.1 Å². The number of pyridine rings is 1. The van der Waals surface area contributed by atoms with Gasteiger partial charge in [-0.1, -0.05) is 36.4 Å². The largest absolute Gasteiger partial charge is 0.497 e. The van der Waals surface area contributed by atoms with Gasteiger partial charge in [0.25, 0.3) is 5.91 Å². The molecule has 1 aromatic heterocycles. The van der Waals surface area contributed by atoms with E-state index in [-0.39, 0.29) is 24.1 Å². The standard InChI is InChI=1S/C21H21N3O3/c1-27-17-8-10-18-16(13-17)7-9-19(24-18)21(26)23-14-20(25)22-12-11-15-5-3-2-4-6-15/h2-10,13H,11-12,14H2,1H3,(H,22,25)(H,23,26). The Morgan fingerprint density at radius 2 is 1.81 bits per heavy atom. The quantitative estimate of drug-likeness (QED) is 0.675. The molecule has 6 heteroatoms. The summed E-state index contributed by atoms with van der Waals surface area (Å²) in [5.74, 6) is 0.115. The number of nitrogens with one attached hydrogen (secondary N) is 2. The zero-order valence-electron chi connectivity index (χ0n) is 15.1. The monoisotopic (exact) mass is 363 g/mol. The molecule has 1 heterocycles. The van der Waals surface area contributed by atoms with Crippen LogP contribution in [0, 0.1) is 0 Å². The number of benzene rings is 2. The van der Waals surface area contributed by atoms with Gasteiger partial charge in [0.2, 0.25) is 5.91 Å². The van der Waals surface area contributed by atoms with Gasteiger partial charge >= 0.3 is 0 Å². The van der Waals surface area contributed by atoms with Crippen molar-refractivity contribution in [2.75, 3.05) is 20.2 Å². The molecule has 0 radical (unpaired) electrons. The number of amides is 2. The minimum Gasteiger partial charge on any atom is -0.497 e. The van der Waals surface area contributed by atoms with Gasteiger partial charge in [-0.05, 0) is 36.2 Å². The van der Waals surface area contributed by atoms with Crippen molar-refractivity contribution in [3.63, 3.8) is 0 Å². The number of hydrogen-bond acceptors (Lipinski definition) is 4. The van der Waals surface area contributed by atoms with Crippen molar-refractivity contribution in [1.29, 1.82) is 0 Å². The van der Waals surface area contributed by atoms with E-state index in [2.05, 4.69) is 15.6 Å². The predicted octanol–water partition coefficient (Wildman–Crippen LogP) is 2.33. The Kier molecular flexibility index (Phi) is 5.99. The summed E-state index contributed by atoms with van der Waals surface area (Å²) in [5, 5.41) is 6.27. The first kappa shape index (κ1) is 18.4. The highest BCUT2D eigenvalue weighted by Gasteiger charge is 2.10. The second-order valence-corrected chi connectivity index (χ2v) is 6.02. The molecule has 0 saturated heterocycles. The van der Waals surface area contributed by atoms with Crippen molar-refractivity contribution in [2.24, 2.45) is 0 Å². The molecule has 0 fully saturated rings. The Hall–Kier alpha value is -3.41. The third kappa shape index (κ3) is 5.04. The Balaban J connectivity index is 1.49. The van der Waals surface area contributed by atoms with Crippen LogP contribution >= 0.6 is 0 Å². The molecule has 0 aliphatic rings. The van der Waals surface area contributed by atoms with E-state index in [1.54, 1.807) is 31.4 Å². The van der Waals surface area contributed by atoms with Crippen LogP contribution < -0.4 is 15.4 Å². The van der Waals surface area contributed by atoms with Crippen molar-refractivity contribution >= 4 is 22.7 Å². The van der Waals surface area contributed by atoms with E-state index in [1.165, 1.54) is 0 Å². The summed E-state index contributed by atoms with van der Waals surface area (Å²) < 4.78 is 5.17. The molecule has 0 saturated carbocycles. The summed E-state index contributed by atoms with van der Waals surface area (Å²) in [5.41, 5.74) is 2.11. The van der Waals surface area contributed by atoms with Gasteiger partial charge in [-0.25, -0.2) is 4.98 Å². The number of carbonyl (C=O) groups is 2. The second-order valence-electron chi connectivity index (χ2n) is 6.02. The molecule has 0 bridgehead atoms. The Bertz CT molecular complexity index is 942. The van der Waals surface area contributed by atoms with Gasteiger partial charge in [0.05, 0.1) is 19.2 Å². The van der Waals surface area contributed by atoms with E-state index in [1.807, 2.05) is 36.4 Å². The Labute approximate surface area is 157 Å². The maximum Gasteiger partial charge on any atom is 0.270 e. The van der Waals surface area contributed by atoms with E-state index in [0.29, 0.717) is 12.1 Å². The number of hydrogen-bond donors (Lipinski definition) is 2. The molecule has 0 aliphatic carbocycles. The second kappa shape index (κ2) is 8.80. The first-order valence-corrected chi connectivity index (χ1v) is 8.69. The van der Waals surface area contributed by atoms with Gasteiger partial charge in [0.1, 0.15) is 11.4 Å². The molecule has 0 atom stereocenters. The van der Waals surface area contributed by atoms with E-state index >= 15 is 0 Å². The average Bonchev–Trinajstić information content (AvgIpc) is 2.72. The van der Waals surface area contributed by atoms with E-state index in [4.69, 9.17) is 4.74 Å². The zero-order chi connectivity index (χ0) is 19.1. The maximum atomic E-state index is 12.2. The number of nitrogens with zero attached hydrogens (tertiary/aromatic N) is 1. The van der Waals surface area contributed by atoms with Gasteiger partial charge in [-0.3, -0.25) is 9.59 Å². The first-order valence-electron chi connectivity index (χ1n) is 8.69. The van der Waals surface area contributed by atoms with Crippen LogP contribution in [0.4, 0.5) is 0 Å². The number of aromatic nitrogens is 1. The highest BCUT2D eigenvalue weighted by molar-refractivity contribution is 5.96. The molecule has 6 nitrogen and oxygen atoms in total. The zero-order valence-corrected chi connectivity index (χ0v) is 15.1. The normalized spacial score (nSPS) is 10.4. The number of carbonyl (C=O) groups excluding carboxylic acids is 2. The molecule has 0 spiro atoms. The number of ether oxygens (including phenoxy) is 1. The van der Waals surface area contributed by atoms with Gasteiger partial charge < -0.3 is 15.4 Å². The fraction of sp³-hybridized carbons (Fsp3) is 0.190. The van der Waals surface area contributed by atoms with Gasteiger partial charge in [-0.2, -0.15) is 0 Å². The molecule has 0 unspecified atom stereocenters. The van der Waals surface area contributed by atoms with E-state index in [9.17, 15) is 9.59 Å². The lowest BCUT2D eigenvalue weighted by molar-refractivity contribution is -0.120. The van der Waals surface area contributed by atoms with Gasteiger partial charge in [0, 0.05) is 11.9 Å². The van der Waals surface area contributed by atoms with Crippen molar-refractivity contribution in [3.05, 3.63) is 71.9 Å². The molecule has 138 valence electrons. The third-order valence-corrected chi connectivity index (χ3v) is 4.12. The van der Waals surface area contributed by atoms with Crippen LogP contribution in [-0.2, 0) is 11.2 Å². The molecular weight excluding hydrogens is 342 g/mol. The Morgan fingerprint density at radius 3 is 2.59 bits per heavy atom. The van der Waals surface area contributed by atoms with Crippen LogP contribution in [-0.4, -0.2) is 37.0 Å². The molecule has 3 rings (SSSR count). The van der Waals surface area contributed by atoms with Crippen molar-refractivity contribution in [1.82, 2.24) is 15.6 Å². The summed E-state index contributed by atoms with van der Waals surface area (Å²) in [6.45, 7) is 0.435. The highest BCUT2D eigenvalue weighted by atomic mass is 16.5. The summed E-state index contributed by atoms with van der Waals surface area (Å²) in [6, 6.07) is 18.8. The fourth-order valence-corrected chi connectivity index (χ4v) is 2.66. The average molecular weight is 363 g/mol. The van der Waals surface area contributed by atoms with E-state index < -0.39 is 0 Å². The summed E-state index contributed by atoms with van der Waals surface area (Å²) in [7, 11) is 1.60. The molecule has 27 heavy (non-hydrogen) atoms. The van der Waals surface area contributed by atoms with Gasteiger partial charge in [-0.15, -0.1) is 0 Å². The van der Waals surface area contributed by atoms with Crippen molar-refractivity contribution < 1.29 is 14.3 Å². The first-order chi connectivity index (χ1) is 13.2. The summed E-state index contributed by atoms with van der Waals surface area (Å²) in [4.78, 5) is 28.5. The van der Waals surface area contributed by atoms with Crippen LogP contribution in [0.25, 0.3) is 10.9 Å². The van der Waals surface area contributed by atoms with Crippen LogP contribution in [0.15, 0.2) is 60.7 Å². The molecule has 2 N–H and O–H groups in total. The van der Waals surface area contributed by atoms with Crippen LogP contribution in [0.5, 0.6) is 5.75 Å². The van der Waals surface area contributed by atoms with Crippen LogP contribution in [0.2, 0.25) is 0 Å². The fourth-order valence-electron chi connectivity index (χ4n) is 2.66. The Morgan fingerprint density at radius 1 is 1.00 bits per heavy atom. The van der Waals surface area contributed by atoms with Gasteiger partial charge in [0.15, 0.2) is 0 Å². The SMILES string of the molecule is COc1ccc2nc(C(=O)NCC(=O)NCCc3ccccc3)ccc2c1. The highest BCUT2D eigenvalue weighted by Crippen LogP contribution is 2.19. The summed E-state index contributed by atoms with van der Waals surface area (Å²) >= 11 is 0. The lowest BCUT2D eigenvalue weighted by Crippen LogP contribution is -2.37. The van der Waals surface area contributed by atoms with Crippen molar-refractivity contribution in [2.45, 2.75) is 6.42 Å². The third-order valence-electron chi connectivity index (χ3n) is 4.12. The molecule has 2 amide bonds. The lowest BCUT2D eigenvalue weighted by Gasteiger charge is -2.08. The maximum absolute atomic E-state index is 12.2. The molecular formula is C21H21N3O3. The lowest BCUT2D eigenvalue weighted by atomic mass is 10.1. The smallest absolute Gasteiger partial charge is 0.270 e. The number of fused-ring (bicyclic) bond motifs is 1.